The largest absolute Gasteiger partial charge is 0.497 e. The van der Waals surface area contributed by atoms with E-state index >= 15 is 0 Å². The fourth-order valence-corrected chi connectivity index (χ4v) is 2.32. The maximum absolute atomic E-state index is 12.2. The second-order valence-electron chi connectivity index (χ2n) is 5.02. The van der Waals surface area contributed by atoms with Crippen LogP contribution in [0.4, 0.5) is 5.69 Å². The molecule has 24 heavy (non-hydrogen) atoms. The third-order valence-corrected chi connectivity index (χ3v) is 3.51. The molecule has 0 bridgehead atoms. The van der Waals surface area contributed by atoms with Gasteiger partial charge in [0.05, 0.1) is 14.2 Å². The van der Waals surface area contributed by atoms with Crippen LogP contribution in [-0.2, 0) is 0 Å². The molecule has 0 spiro atoms. The normalized spacial score (nSPS) is 10.4. The summed E-state index contributed by atoms with van der Waals surface area (Å²) in [7, 11) is 3.00. The van der Waals surface area contributed by atoms with E-state index in [1.807, 2.05) is 0 Å². The van der Waals surface area contributed by atoms with Crippen molar-refractivity contribution in [3.8, 4) is 11.5 Å². The van der Waals surface area contributed by atoms with E-state index < -0.39 is 11.5 Å². The van der Waals surface area contributed by atoms with E-state index in [9.17, 15) is 9.59 Å². The van der Waals surface area contributed by atoms with Crippen molar-refractivity contribution in [1.29, 1.82) is 0 Å². The van der Waals surface area contributed by atoms with Crippen LogP contribution in [0.5, 0.6) is 11.5 Å². The van der Waals surface area contributed by atoms with Crippen molar-refractivity contribution >= 4 is 22.6 Å². The Morgan fingerprint density at radius 3 is 2.46 bits per heavy atom. The molecule has 1 N–H and O–H groups in total. The van der Waals surface area contributed by atoms with Crippen LogP contribution >= 0.6 is 0 Å². The van der Waals surface area contributed by atoms with Crippen molar-refractivity contribution < 1.29 is 18.7 Å². The Morgan fingerprint density at radius 1 is 1.04 bits per heavy atom. The first kappa shape index (κ1) is 15.6. The predicted octanol–water partition coefficient (Wildman–Crippen LogP) is 3.06. The summed E-state index contributed by atoms with van der Waals surface area (Å²) in [6.07, 6.45) is 0. The van der Waals surface area contributed by atoms with Crippen molar-refractivity contribution in [2.45, 2.75) is 0 Å². The van der Waals surface area contributed by atoms with Crippen LogP contribution in [-0.4, -0.2) is 20.1 Å². The molecule has 3 aromatic rings. The van der Waals surface area contributed by atoms with Gasteiger partial charge in [0.1, 0.15) is 11.4 Å². The average Bonchev–Trinajstić information content (AvgIpc) is 2.62. The van der Waals surface area contributed by atoms with Gasteiger partial charge in [0.25, 0.3) is 5.91 Å². The Morgan fingerprint density at radius 2 is 1.79 bits per heavy atom. The van der Waals surface area contributed by atoms with Crippen molar-refractivity contribution in [3.05, 3.63) is 64.5 Å². The molecule has 1 heterocycles. The smallest absolute Gasteiger partial charge is 0.360 e. The number of hydrogen-bond donors (Lipinski definition) is 1. The van der Waals surface area contributed by atoms with E-state index in [1.165, 1.54) is 20.3 Å². The standard InChI is InChI=1S/C18H15NO5/c1-22-13-8-12-9-14(18(21)24-16(12)15(10-13)23-2)19-17(20)11-6-4-3-5-7-11/h3-10H,1-2H3,(H,19,20). The summed E-state index contributed by atoms with van der Waals surface area (Å²) < 4.78 is 15.7. The average molecular weight is 325 g/mol. The third-order valence-electron chi connectivity index (χ3n) is 3.51. The molecule has 6 nitrogen and oxygen atoms in total. The van der Waals surface area contributed by atoms with Gasteiger partial charge in [-0.2, -0.15) is 0 Å². The molecule has 0 saturated heterocycles. The number of nitrogens with one attached hydrogen (secondary N) is 1. The lowest BCUT2D eigenvalue weighted by molar-refractivity contribution is 0.102. The number of amides is 1. The molecule has 6 heteroatoms. The molecule has 1 aromatic heterocycles. The predicted molar refractivity (Wildman–Crippen MR) is 90.0 cm³/mol. The molecule has 122 valence electrons. The number of hydrogen-bond acceptors (Lipinski definition) is 5. The van der Waals surface area contributed by atoms with Crippen LogP contribution in [0.3, 0.4) is 0 Å². The van der Waals surface area contributed by atoms with Crippen LogP contribution in [0.25, 0.3) is 11.0 Å². The topological polar surface area (TPSA) is 77.8 Å². The second-order valence-corrected chi connectivity index (χ2v) is 5.02. The highest BCUT2D eigenvalue weighted by Crippen LogP contribution is 2.31. The van der Waals surface area contributed by atoms with Crippen molar-refractivity contribution in [3.63, 3.8) is 0 Å². The van der Waals surface area contributed by atoms with Crippen molar-refractivity contribution in [1.82, 2.24) is 0 Å². The molecule has 0 aliphatic heterocycles. The van der Waals surface area contributed by atoms with Crippen LogP contribution in [0.1, 0.15) is 10.4 Å². The number of carbonyl (C=O) groups excluding carboxylic acids is 1. The molecule has 0 fully saturated rings. The van der Waals surface area contributed by atoms with E-state index in [0.29, 0.717) is 28.0 Å². The monoisotopic (exact) mass is 325 g/mol. The summed E-state index contributed by atoms with van der Waals surface area (Å²) in [5.41, 5.74) is 0.128. The lowest BCUT2D eigenvalue weighted by Crippen LogP contribution is -2.17. The van der Waals surface area contributed by atoms with Crippen LogP contribution in [0, 0.1) is 0 Å². The van der Waals surface area contributed by atoms with Gasteiger partial charge >= 0.3 is 5.63 Å². The van der Waals surface area contributed by atoms with Gasteiger partial charge in [-0.3, -0.25) is 4.79 Å². The lowest BCUT2D eigenvalue weighted by atomic mass is 10.2. The number of ether oxygens (including phenoxy) is 2. The van der Waals surface area contributed by atoms with E-state index in [0.717, 1.165) is 0 Å². The Labute approximate surface area is 137 Å². The molecular weight excluding hydrogens is 310 g/mol. The molecule has 0 atom stereocenters. The molecule has 0 aliphatic carbocycles. The molecule has 3 rings (SSSR count). The lowest BCUT2D eigenvalue weighted by Gasteiger charge is -2.09. The van der Waals surface area contributed by atoms with Crippen LogP contribution in [0.2, 0.25) is 0 Å². The zero-order chi connectivity index (χ0) is 17.1. The molecule has 0 unspecified atom stereocenters. The minimum Gasteiger partial charge on any atom is -0.497 e. The number of methoxy groups -OCH3 is 2. The van der Waals surface area contributed by atoms with Gasteiger partial charge in [0.2, 0.25) is 0 Å². The highest BCUT2D eigenvalue weighted by molar-refractivity contribution is 6.04. The zero-order valence-corrected chi connectivity index (χ0v) is 13.2. The van der Waals surface area contributed by atoms with Gasteiger partial charge in [0, 0.05) is 17.0 Å². The summed E-state index contributed by atoms with van der Waals surface area (Å²) in [6, 6.07) is 13.5. The Balaban J connectivity index is 2.04. The number of rotatable bonds is 4. The number of anilines is 1. The minimum atomic E-state index is -0.657. The summed E-state index contributed by atoms with van der Waals surface area (Å²) in [5, 5.41) is 3.14. The summed E-state index contributed by atoms with van der Waals surface area (Å²) in [4.78, 5) is 24.4. The number of benzene rings is 2. The summed E-state index contributed by atoms with van der Waals surface area (Å²) in [6.45, 7) is 0. The van der Waals surface area contributed by atoms with Crippen LogP contribution in [0.15, 0.2) is 57.7 Å². The Bertz CT molecular complexity index is 947. The van der Waals surface area contributed by atoms with Gasteiger partial charge in [-0.15, -0.1) is 0 Å². The number of carbonyl (C=O) groups is 1. The highest BCUT2D eigenvalue weighted by Gasteiger charge is 2.14. The van der Waals surface area contributed by atoms with Gasteiger partial charge in [-0.05, 0) is 24.3 Å². The van der Waals surface area contributed by atoms with Gasteiger partial charge in [-0.25, -0.2) is 4.79 Å². The molecule has 2 aromatic carbocycles. The quantitative estimate of drug-likeness (QED) is 0.746. The fourth-order valence-electron chi connectivity index (χ4n) is 2.32. The first-order chi connectivity index (χ1) is 11.6. The number of fused-ring (bicyclic) bond motifs is 1. The molecule has 0 saturated carbocycles. The molecule has 1 amide bonds. The van der Waals surface area contributed by atoms with Gasteiger partial charge in [-0.1, -0.05) is 18.2 Å². The van der Waals surface area contributed by atoms with E-state index in [-0.39, 0.29) is 5.69 Å². The van der Waals surface area contributed by atoms with Crippen molar-refractivity contribution in [2.24, 2.45) is 0 Å². The third kappa shape index (κ3) is 2.94. The first-order valence-electron chi connectivity index (χ1n) is 7.18. The zero-order valence-electron chi connectivity index (χ0n) is 13.2. The van der Waals surface area contributed by atoms with E-state index in [1.54, 1.807) is 42.5 Å². The minimum absolute atomic E-state index is 0.0478. The highest BCUT2D eigenvalue weighted by atomic mass is 16.5. The van der Waals surface area contributed by atoms with Gasteiger partial charge in [0.15, 0.2) is 11.3 Å². The van der Waals surface area contributed by atoms with Gasteiger partial charge < -0.3 is 19.2 Å². The van der Waals surface area contributed by atoms with Crippen LogP contribution < -0.4 is 20.4 Å². The van der Waals surface area contributed by atoms with E-state index in [4.69, 9.17) is 13.9 Å². The molecule has 0 aliphatic rings. The first-order valence-corrected chi connectivity index (χ1v) is 7.18. The Hall–Kier alpha value is -3.28. The van der Waals surface area contributed by atoms with Crippen molar-refractivity contribution in [2.75, 3.05) is 19.5 Å². The molecular formula is C18H15NO5. The summed E-state index contributed by atoms with van der Waals surface area (Å²) in [5.74, 6) is 0.535. The maximum atomic E-state index is 12.2. The maximum Gasteiger partial charge on any atom is 0.360 e. The Kier molecular flexibility index (Phi) is 4.20. The fraction of sp³-hybridized carbons (Fsp3) is 0.111. The van der Waals surface area contributed by atoms with E-state index in [2.05, 4.69) is 5.32 Å². The second kappa shape index (κ2) is 6.45. The summed E-state index contributed by atoms with van der Waals surface area (Å²) >= 11 is 0. The molecule has 0 radical (unpaired) electrons. The SMILES string of the molecule is COc1cc(OC)c2oc(=O)c(NC(=O)c3ccccc3)cc2c1.